The average Bonchev–Trinajstić information content (AvgIpc) is 3.54. The van der Waals surface area contributed by atoms with E-state index < -0.39 is 0 Å². The number of nitrogens with zero attached hydrogens (tertiary/aromatic N) is 1. The van der Waals surface area contributed by atoms with Gasteiger partial charge in [-0.05, 0) is 41.0 Å². The standard InChI is InChI=1S/C27H31NO8S/c1-31-21-9-15(10-22(32-2)25(21)29)23-16-11-19-20(36-14-35-19)12-17(16)26(18-13-34-27(30)24(18)23)37-8-5-28-3-6-33-7-4-28/h9-12,18,23-24,26,29H,3-8,13-14H2,1-2H3/t18-,23+,24-,26+/m0/s1. The Kier molecular flexibility index (Phi) is 6.73. The highest BCUT2D eigenvalue weighted by atomic mass is 32.2. The quantitative estimate of drug-likeness (QED) is 0.539. The number of benzene rings is 2. The van der Waals surface area contributed by atoms with E-state index in [1.807, 2.05) is 17.8 Å². The first-order valence-corrected chi connectivity index (χ1v) is 13.6. The summed E-state index contributed by atoms with van der Waals surface area (Å²) < 4.78 is 33.6. The van der Waals surface area contributed by atoms with Crippen LogP contribution in [-0.4, -0.2) is 82.2 Å². The number of esters is 1. The summed E-state index contributed by atoms with van der Waals surface area (Å²) in [5.41, 5.74) is 2.95. The average molecular weight is 530 g/mol. The Labute approximate surface area is 219 Å². The fraction of sp³-hybridized carbons (Fsp3) is 0.519. The zero-order chi connectivity index (χ0) is 25.5. The lowest BCUT2D eigenvalue weighted by Crippen LogP contribution is -2.38. The molecule has 0 aromatic heterocycles. The number of phenolic OH excluding ortho intramolecular Hbond substituents is 1. The second-order valence-electron chi connectivity index (χ2n) is 9.65. The molecule has 6 rings (SSSR count). The van der Waals surface area contributed by atoms with E-state index in [0.29, 0.717) is 23.9 Å². The Morgan fingerprint density at radius 1 is 1.00 bits per heavy atom. The molecule has 37 heavy (non-hydrogen) atoms. The van der Waals surface area contributed by atoms with Gasteiger partial charge >= 0.3 is 5.97 Å². The van der Waals surface area contributed by atoms with E-state index >= 15 is 0 Å². The maximum absolute atomic E-state index is 13.3. The molecular formula is C27H31NO8S. The minimum atomic E-state index is -0.382. The lowest BCUT2D eigenvalue weighted by molar-refractivity contribution is -0.141. The van der Waals surface area contributed by atoms with Crippen LogP contribution in [0, 0.1) is 11.8 Å². The summed E-state index contributed by atoms with van der Waals surface area (Å²) in [4.78, 5) is 15.7. The summed E-state index contributed by atoms with van der Waals surface area (Å²) in [6.07, 6.45) is 0. The van der Waals surface area contributed by atoms with Gasteiger partial charge in [0, 0.05) is 42.5 Å². The first-order valence-electron chi connectivity index (χ1n) is 12.6. The first-order chi connectivity index (χ1) is 18.1. The molecule has 198 valence electrons. The monoisotopic (exact) mass is 529 g/mol. The second kappa shape index (κ2) is 10.2. The van der Waals surface area contributed by atoms with Gasteiger partial charge in [-0.15, -0.1) is 0 Å². The maximum atomic E-state index is 13.3. The van der Waals surface area contributed by atoms with E-state index in [4.69, 9.17) is 28.4 Å². The Bertz CT molecular complexity index is 1160. The molecule has 3 heterocycles. The number of carbonyl (C=O) groups excluding carboxylic acids is 1. The van der Waals surface area contributed by atoms with E-state index in [0.717, 1.165) is 61.0 Å². The van der Waals surface area contributed by atoms with Crippen molar-refractivity contribution in [3.63, 3.8) is 0 Å². The number of carbonyl (C=O) groups is 1. The molecule has 0 amide bonds. The van der Waals surface area contributed by atoms with Crippen LogP contribution in [0.4, 0.5) is 0 Å². The molecule has 2 saturated heterocycles. The molecule has 0 spiro atoms. The summed E-state index contributed by atoms with van der Waals surface area (Å²) in [5, 5.41) is 10.6. The van der Waals surface area contributed by atoms with Crippen molar-refractivity contribution in [1.29, 1.82) is 0 Å². The number of morpholine rings is 1. The summed E-state index contributed by atoms with van der Waals surface area (Å²) in [5.74, 6) is 1.93. The Balaban J connectivity index is 1.42. The van der Waals surface area contributed by atoms with Crippen molar-refractivity contribution in [3.8, 4) is 28.7 Å². The zero-order valence-electron chi connectivity index (χ0n) is 20.9. The molecule has 2 aromatic carbocycles. The van der Waals surface area contributed by atoms with Gasteiger partial charge in [0.05, 0.1) is 40.0 Å². The molecule has 1 aliphatic carbocycles. The fourth-order valence-corrected chi connectivity index (χ4v) is 7.45. The number of thioether (sulfide) groups is 1. The van der Waals surface area contributed by atoms with Crippen molar-refractivity contribution < 1.29 is 38.3 Å². The van der Waals surface area contributed by atoms with Gasteiger partial charge in [-0.25, -0.2) is 0 Å². The predicted octanol–water partition coefficient (Wildman–Crippen LogP) is 3.18. The van der Waals surface area contributed by atoms with Crippen molar-refractivity contribution in [2.45, 2.75) is 11.2 Å². The van der Waals surface area contributed by atoms with Crippen LogP contribution in [0.15, 0.2) is 24.3 Å². The van der Waals surface area contributed by atoms with E-state index in [9.17, 15) is 9.90 Å². The van der Waals surface area contributed by atoms with Crippen molar-refractivity contribution >= 4 is 17.7 Å². The third-order valence-electron chi connectivity index (χ3n) is 7.79. The van der Waals surface area contributed by atoms with Gasteiger partial charge in [-0.2, -0.15) is 11.8 Å². The third kappa shape index (κ3) is 4.34. The van der Waals surface area contributed by atoms with Crippen LogP contribution in [0.5, 0.6) is 28.7 Å². The van der Waals surface area contributed by atoms with Crippen molar-refractivity contribution in [2.24, 2.45) is 11.8 Å². The molecule has 0 bridgehead atoms. The van der Waals surface area contributed by atoms with E-state index in [2.05, 4.69) is 11.0 Å². The zero-order valence-corrected chi connectivity index (χ0v) is 21.8. The molecule has 2 fully saturated rings. The van der Waals surface area contributed by atoms with E-state index in [1.165, 1.54) is 14.2 Å². The van der Waals surface area contributed by atoms with Gasteiger partial charge in [0.25, 0.3) is 0 Å². The smallest absolute Gasteiger partial charge is 0.310 e. The number of cyclic esters (lactones) is 1. The van der Waals surface area contributed by atoms with E-state index in [1.54, 1.807) is 12.1 Å². The van der Waals surface area contributed by atoms with Crippen LogP contribution in [0.1, 0.15) is 27.9 Å². The van der Waals surface area contributed by atoms with Gasteiger partial charge in [-0.1, -0.05) is 0 Å². The van der Waals surface area contributed by atoms with Crippen molar-refractivity contribution in [3.05, 3.63) is 41.0 Å². The molecule has 0 radical (unpaired) electrons. The molecule has 1 N–H and O–H groups in total. The maximum Gasteiger partial charge on any atom is 0.310 e. The summed E-state index contributed by atoms with van der Waals surface area (Å²) >= 11 is 1.87. The van der Waals surface area contributed by atoms with Crippen LogP contribution in [-0.2, 0) is 14.3 Å². The Hall–Kier alpha value is -2.82. The third-order valence-corrected chi connectivity index (χ3v) is 9.17. The summed E-state index contributed by atoms with van der Waals surface area (Å²) in [7, 11) is 3.00. The highest BCUT2D eigenvalue weighted by Gasteiger charge is 2.52. The highest BCUT2D eigenvalue weighted by molar-refractivity contribution is 7.99. The topological polar surface area (TPSA) is 95.9 Å². The molecule has 9 nitrogen and oxygen atoms in total. The molecule has 3 aliphatic heterocycles. The lowest BCUT2D eigenvalue weighted by atomic mass is 9.67. The van der Waals surface area contributed by atoms with Gasteiger partial charge in [0.2, 0.25) is 12.5 Å². The minimum absolute atomic E-state index is 0.00847. The highest BCUT2D eigenvalue weighted by Crippen LogP contribution is 2.58. The number of hydrogen-bond acceptors (Lipinski definition) is 10. The van der Waals surface area contributed by atoms with Crippen LogP contribution in [0.2, 0.25) is 0 Å². The van der Waals surface area contributed by atoms with E-state index in [-0.39, 0.29) is 41.5 Å². The summed E-state index contributed by atoms with van der Waals surface area (Å²) in [6, 6.07) is 7.65. The van der Waals surface area contributed by atoms with Crippen LogP contribution >= 0.6 is 11.8 Å². The van der Waals surface area contributed by atoms with Crippen LogP contribution in [0.3, 0.4) is 0 Å². The number of fused-ring (bicyclic) bond motifs is 3. The minimum Gasteiger partial charge on any atom is -0.502 e. The first kappa shape index (κ1) is 24.5. The number of hydrogen-bond donors (Lipinski definition) is 1. The molecular weight excluding hydrogens is 498 g/mol. The molecule has 0 unspecified atom stereocenters. The van der Waals surface area contributed by atoms with Crippen LogP contribution < -0.4 is 18.9 Å². The number of ether oxygens (including phenoxy) is 6. The van der Waals surface area contributed by atoms with Gasteiger partial charge in [-0.3, -0.25) is 9.69 Å². The molecule has 10 heteroatoms. The van der Waals surface area contributed by atoms with Gasteiger partial charge in [0.15, 0.2) is 23.0 Å². The molecule has 4 aliphatic rings. The Morgan fingerprint density at radius 3 is 2.35 bits per heavy atom. The fourth-order valence-electron chi connectivity index (χ4n) is 5.95. The number of aromatic hydroxyl groups is 1. The Morgan fingerprint density at radius 2 is 1.68 bits per heavy atom. The lowest BCUT2D eigenvalue weighted by Gasteiger charge is -2.39. The predicted molar refractivity (Wildman–Crippen MR) is 136 cm³/mol. The summed E-state index contributed by atoms with van der Waals surface area (Å²) in [6.45, 7) is 4.94. The molecule has 4 atom stereocenters. The van der Waals surface area contributed by atoms with Crippen molar-refractivity contribution in [2.75, 3.05) is 66.2 Å². The largest absolute Gasteiger partial charge is 0.502 e. The number of methoxy groups -OCH3 is 2. The van der Waals surface area contributed by atoms with Gasteiger partial charge < -0.3 is 33.5 Å². The van der Waals surface area contributed by atoms with Gasteiger partial charge in [0.1, 0.15) is 0 Å². The normalized spacial score (nSPS) is 26.4. The van der Waals surface area contributed by atoms with Crippen LogP contribution in [0.25, 0.3) is 0 Å². The molecule has 0 saturated carbocycles. The number of phenols is 1. The molecule has 2 aromatic rings. The number of rotatable bonds is 7. The van der Waals surface area contributed by atoms with Crippen molar-refractivity contribution in [1.82, 2.24) is 4.90 Å². The second-order valence-corrected chi connectivity index (χ2v) is 10.9. The SMILES string of the molecule is COc1cc([C@@H]2c3cc4c(cc3[C@@H](SCCN3CCOCC3)[C@H]3COC(=O)[C@H]23)OCO4)cc(OC)c1O.